The van der Waals surface area contributed by atoms with E-state index in [0.29, 0.717) is 0 Å². The highest BCUT2D eigenvalue weighted by Gasteiger charge is 2.25. The fourth-order valence-electron chi connectivity index (χ4n) is 0.948. The van der Waals surface area contributed by atoms with Crippen molar-refractivity contribution in [1.29, 1.82) is 0 Å². The van der Waals surface area contributed by atoms with Crippen LogP contribution in [0.2, 0.25) is 0 Å². The van der Waals surface area contributed by atoms with Gasteiger partial charge in [0.2, 0.25) is 0 Å². The molecule has 0 aromatic carbocycles. The Morgan fingerprint density at radius 3 is 2.27 bits per heavy atom. The SMILES string of the molecule is CCC(C)(C)C(=O)CCC(=O)OCOC. The Labute approximate surface area is 90.9 Å². The third-order valence-corrected chi connectivity index (χ3v) is 2.53. The monoisotopic (exact) mass is 216 g/mol. The third-order valence-electron chi connectivity index (χ3n) is 2.53. The van der Waals surface area contributed by atoms with E-state index in [4.69, 9.17) is 0 Å². The Hall–Kier alpha value is -0.900. The molecule has 15 heavy (non-hydrogen) atoms. The summed E-state index contributed by atoms with van der Waals surface area (Å²) in [7, 11) is 1.44. The first-order valence-electron chi connectivity index (χ1n) is 5.12. The summed E-state index contributed by atoms with van der Waals surface area (Å²) in [6.45, 7) is 5.68. The molecule has 0 amide bonds. The van der Waals surface area contributed by atoms with Crippen LogP contribution in [-0.4, -0.2) is 25.7 Å². The minimum Gasteiger partial charge on any atom is -0.438 e. The summed E-state index contributed by atoms with van der Waals surface area (Å²) in [5.74, 6) is -0.295. The van der Waals surface area contributed by atoms with Gasteiger partial charge in [0.25, 0.3) is 0 Å². The zero-order valence-electron chi connectivity index (χ0n) is 9.96. The summed E-state index contributed by atoms with van der Waals surface area (Å²) in [5, 5.41) is 0. The van der Waals surface area contributed by atoms with Crippen molar-refractivity contribution in [3.8, 4) is 0 Å². The van der Waals surface area contributed by atoms with Gasteiger partial charge >= 0.3 is 5.97 Å². The van der Waals surface area contributed by atoms with Gasteiger partial charge < -0.3 is 9.47 Å². The Balaban J connectivity index is 3.85. The lowest BCUT2D eigenvalue weighted by molar-refractivity contribution is -0.155. The van der Waals surface area contributed by atoms with Crippen LogP contribution >= 0.6 is 0 Å². The number of Topliss-reactive ketones (excluding diaryl/α,β-unsaturated/α-hetero) is 1. The van der Waals surface area contributed by atoms with Gasteiger partial charge in [0.05, 0.1) is 6.42 Å². The maximum Gasteiger partial charge on any atom is 0.308 e. The van der Waals surface area contributed by atoms with Crippen LogP contribution in [0.5, 0.6) is 0 Å². The molecule has 0 aromatic heterocycles. The molecule has 4 heteroatoms. The molecule has 4 nitrogen and oxygen atoms in total. The lowest BCUT2D eigenvalue weighted by Crippen LogP contribution is -2.24. The molecule has 0 aliphatic rings. The zero-order chi connectivity index (χ0) is 11.9. The first-order valence-corrected chi connectivity index (χ1v) is 5.12. The summed E-state index contributed by atoms with van der Waals surface area (Å²) in [5.41, 5.74) is -0.346. The smallest absolute Gasteiger partial charge is 0.308 e. The van der Waals surface area contributed by atoms with Crippen molar-refractivity contribution in [3.05, 3.63) is 0 Å². The maximum atomic E-state index is 11.6. The van der Waals surface area contributed by atoms with Gasteiger partial charge in [-0.1, -0.05) is 20.8 Å². The van der Waals surface area contributed by atoms with E-state index < -0.39 is 5.97 Å². The molecule has 0 fully saturated rings. The molecule has 0 N–H and O–H groups in total. The highest BCUT2D eigenvalue weighted by Crippen LogP contribution is 2.23. The number of hydrogen-bond acceptors (Lipinski definition) is 4. The van der Waals surface area contributed by atoms with E-state index in [1.165, 1.54) is 7.11 Å². The van der Waals surface area contributed by atoms with E-state index in [2.05, 4.69) is 9.47 Å². The van der Waals surface area contributed by atoms with Gasteiger partial charge in [0.1, 0.15) is 5.78 Å². The Bertz CT molecular complexity index is 221. The van der Waals surface area contributed by atoms with Gasteiger partial charge in [-0.15, -0.1) is 0 Å². The van der Waals surface area contributed by atoms with Gasteiger partial charge in [-0.3, -0.25) is 9.59 Å². The first kappa shape index (κ1) is 14.1. The van der Waals surface area contributed by atoms with Crippen molar-refractivity contribution in [3.63, 3.8) is 0 Å². The minimum absolute atomic E-state index is 0.0514. The topological polar surface area (TPSA) is 52.6 Å². The van der Waals surface area contributed by atoms with E-state index in [9.17, 15) is 9.59 Å². The van der Waals surface area contributed by atoms with Crippen LogP contribution in [0.15, 0.2) is 0 Å². The predicted molar refractivity (Wildman–Crippen MR) is 56.3 cm³/mol. The summed E-state index contributed by atoms with van der Waals surface area (Å²) in [6, 6.07) is 0. The molecule has 0 atom stereocenters. The van der Waals surface area contributed by atoms with E-state index in [1.807, 2.05) is 20.8 Å². The van der Waals surface area contributed by atoms with E-state index in [-0.39, 0.29) is 30.8 Å². The fourth-order valence-corrected chi connectivity index (χ4v) is 0.948. The summed E-state index contributed by atoms with van der Waals surface area (Å²) < 4.78 is 9.25. The normalized spacial score (nSPS) is 11.2. The van der Waals surface area contributed by atoms with Crippen LogP contribution in [0.25, 0.3) is 0 Å². The number of ketones is 1. The Kier molecular flexibility index (Phi) is 6.17. The molecule has 88 valence electrons. The number of methoxy groups -OCH3 is 1. The van der Waals surface area contributed by atoms with E-state index in [1.54, 1.807) is 0 Å². The molecule has 0 saturated heterocycles. The molecular weight excluding hydrogens is 196 g/mol. The van der Waals surface area contributed by atoms with Crippen LogP contribution in [0, 0.1) is 5.41 Å². The van der Waals surface area contributed by atoms with Crippen molar-refractivity contribution in [1.82, 2.24) is 0 Å². The van der Waals surface area contributed by atoms with E-state index in [0.717, 1.165) is 6.42 Å². The quantitative estimate of drug-likeness (QED) is 0.482. The second-order valence-electron chi connectivity index (χ2n) is 4.08. The first-order chi connectivity index (χ1) is 6.94. The largest absolute Gasteiger partial charge is 0.438 e. The van der Waals surface area contributed by atoms with Crippen molar-refractivity contribution in [2.75, 3.05) is 13.9 Å². The summed E-state index contributed by atoms with van der Waals surface area (Å²) >= 11 is 0. The molecule has 0 aliphatic heterocycles. The maximum absolute atomic E-state index is 11.6. The number of hydrogen-bond donors (Lipinski definition) is 0. The van der Waals surface area contributed by atoms with Crippen LogP contribution in [0.4, 0.5) is 0 Å². The van der Waals surface area contributed by atoms with Crippen LogP contribution in [0.1, 0.15) is 40.0 Å². The van der Waals surface area contributed by atoms with Gasteiger partial charge in [0, 0.05) is 18.9 Å². The average molecular weight is 216 g/mol. The highest BCUT2D eigenvalue weighted by atomic mass is 16.7. The van der Waals surface area contributed by atoms with Gasteiger partial charge in [-0.25, -0.2) is 0 Å². The summed E-state index contributed by atoms with van der Waals surface area (Å²) in [6.07, 6.45) is 1.15. The van der Waals surface area contributed by atoms with Crippen molar-refractivity contribution < 1.29 is 19.1 Å². The Morgan fingerprint density at radius 2 is 1.80 bits per heavy atom. The molecule has 0 aromatic rings. The van der Waals surface area contributed by atoms with Crippen molar-refractivity contribution in [2.24, 2.45) is 5.41 Å². The number of carbonyl (C=O) groups excluding carboxylic acids is 2. The van der Waals surface area contributed by atoms with Gasteiger partial charge in [-0.2, -0.15) is 0 Å². The molecular formula is C11H20O4. The van der Waals surface area contributed by atoms with E-state index >= 15 is 0 Å². The molecule has 0 aliphatic carbocycles. The lowest BCUT2D eigenvalue weighted by atomic mass is 9.83. The number of esters is 1. The molecule has 0 spiro atoms. The molecule has 0 bridgehead atoms. The zero-order valence-corrected chi connectivity index (χ0v) is 9.96. The second kappa shape index (κ2) is 6.56. The number of ether oxygens (including phenoxy) is 2. The van der Waals surface area contributed by atoms with Crippen molar-refractivity contribution in [2.45, 2.75) is 40.0 Å². The van der Waals surface area contributed by atoms with Gasteiger partial charge in [-0.05, 0) is 6.42 Å². The van der Waals surface area contributed by atoms with Crippen LogP contribution in [-0.2, 0) is 19.1 Å². The lowest BCUT2D eigenvalue weighted by Gasteiger charge is -2.20. The number of rotatable bonds is 7. The Morgan fingerprint density at radius 1 is 1.20 bits per heavy atom. The predicted octanol–water partition coefficient (Wildman–Crippen LogP) is 1.92. The van der Waals surface area contributed by atoms with Crippen LogP contribution in [0.3, 0.4) is 0 Å². The third kappa shape index (κ3) is 5.52. The molecule has 0 rings (SSSR count). The summed E-state index contributed by atoms with van der Waals surface area (Å²) in [4.78, 5) is 22.7. The van der Waals surface area contributed by atoms with Crippen molar-refractivity contribution >= 4 is 11.8 Å². The number of carbonyl (C=O) groups is 2. The molecule has 0 unspecified atom stereocenters. The molecule has 0 saturated carbocycles. The fraction of sp³-hybridized carbons (Fsp3) is 0.818. The molecule has 0 radical (unpaired) electrons. The second-order valence-corrected chi connectivity index (χ2v) is 4.08. The minimum atomic E-state index is -0.392. The highest BCUT2D eigenvalue weighted by molar-refractivity contribution is 5.87. The molecule has 0 heterocycles. The van der Waals surface area contributed by atoms with Crippen LogP contribution < -0.4 is 0 Å². The average Bonchev–Trinajstić information content (AvgIpc) is 2.22. The van der Waals surface area contributed by atoms with Gasteiger partial charge in [0.15, 0.2) is 6.79 Å². The standard InChI is InChI=1S/C11H20O4/c1-5-11(2,3)9(12)6-7-10(13)15-8-14-4/h5-8H2,1-4H3.